The molecule has 5 saturated carbocycles. The molecular weight excluding hydrogens is 446 g/mol. The molecule has 1 N–H and O–H groups in total. The number of fused-ring (bicyclic) bond motifs is 5. The predicted molar refractivity (Wildman–Crippen MR) is 131 cm³/mol. The van der Waals surface area contributed by atoms with Crippen molar-refractivity contribution in [3.8, 4) is 0 Å². The molecule has 184 valence electrons. The van der Waals surface area contributed by atoms with Crippen molar-refractivity contribution < 1.29 is 9.90 Å². The molecule has 34 heavy (non-hydrogen) atoms. The Labute approximate surface area is 208 Å². The van der Waals surface area contributed by atoms with Gasteiger partial charge in [0.15, 0.2) is 10.9 Å². The van der Waals surface area contributed by atoms with Gasteiger partial charge in [0.2, 0.25) is 5.69 Å². The molecule has 1 aromatic rings. The molecule has 5 aliphatic rings. The Bertz CT molecular complexity index is 1020. The van der Waals surface area contributed by atoms with E-state index in [0.717, 1.165) is 49.4 Å². The SMILES string of the molecule is [C-]#[N+]c1cn(CC(=O)[C@H]2C[C@@H](C3CC3)[C@H]3[C@@H]4CC[C@@H]5C[C@](C)(O)CC[C@@H]5[C@H]4CC[C@@]32C)nc1Cl. The molecule has 0 amide bonds. The molecule has 0 unspecified atom stereocenters. The second kappa shape index (κ2) is 8.07. The molecule has 5 aliphatic carbocycles. The zero-order valence-corrected chi connectivity index (χ0v) is 21.3. The van der Waals surface area contributed by atoms with E-state index in [1.165, 1.54) is 38.5 Å². The second-order valence-electron chi connectivity index (χ2n) is 13.0. The van der Waals surface area contributed by atoms with Gasteiger partial charge in [-0.1, -0.05) is 18.5 Å². The summed E-state index contributed by atoms with van der Waals surface area (Å²) in [6.45, 7) is 12.0. The van der Waals surface area contributed by atoms with Crippen LogP contribution in [0, 0.1) is 59.3 Å². The summed E-state index contributed by atoms with van der Waals surface area (Å²) in [5.41, 5.74) is -0.0660. The first-order valence-electron chi connectivity index (χ1n) is 13.6. The second-order valence-corrected chi connectivity index (χ2v) is 13.4. The summed E-state index contributed by atoms with van der Waals surface area (Å²) in [7, 11) is 0. The summed E-state index contributed by atoms with van der Waals surface area (Å²) in [6, 6.07) is 0. The number of halogens is 1. The highest BCUT2D eigenvalue weighted by molar-refractivity contribution is 6.32. The van der Waals surface area contributed by atoms with E-state index in [2.05, 4.69) is 16.9 Å². The van der Waals surface area contributed by atoms with Crippen LogP contribution in [0.25, 0.3) is 4.85 Å². The number of hydrogen-bond acceptors (Lipinski definition) is 3. The normalized spacial score (nSPS) is 45.7. The van der Waals surface area contributed by atoms with Crippen LogP contribution in [0.15, 0.2) is 6.20 Å². The molecule has 5 nitrogen and oxygen atoms in total. The number of ketones is 1. The van der Waals surface area contributed by atoms with Gasteiger partial charge in [-0.05, 0) is 118 Å². The van der Waals surface area contributed by atoms with Gasteiger partial charge in [-0.3, -0.25) is 9.48 Å². The molecule has 6 rings (SSSR count). The van der Waals surface area contributed by atoms with E-state index >= 15 is 0 Å². The molecule has 0 aromatic carbocycles. The number of aliphatic hydroxyl groups is 1. The van der Waals surface area contributed by atoms with E-state index in [-0.39, 0.29) is 28.8 Å². The van der Waals surface area contributed by atoms with Crippen LogP contribution >= 0.6 is 11.6 Å². The average molecular weight is 484 g/mol. The summed E-state index contributed by atoms with van der Waals surface area (Å²) < 4.78 is 1.59. The minimum absolute atomic E-state index is 0.0814. The summed E-state index contributed by atoms with van der Waals surface area (Å²) in [6.07, 6.45) is 13.4. The summed E-state index contributed by atoms with van der Waals surface area (Å²) in [4.78, 5) is 17.1. The number of aromatic nitrogens is 2. The molecular formula is C28H38ClN3O2. The van der Waals surface area contributed by atoms with Gasteiger partial charge in [0.1, 0.15) is 0 Å². The van der Waals surface area contributed by atoms with Gasteiger partial charge in [0.25, 0.3) is 0 Å². The Morgan fingerprint density at radius 3 is 2.56 bits per heavy atom. The number of carbonyl (C=O) groups is 1. The van der Waals surface area contributed by atoms with E-state index in [9.17, 15) is 9.90 Å². The molecule has 1 heterocycles. The number of carbonyl (C=O) groups excluding carboxylic acids is 1. The first-order valence-corrected chi connectivity index (χ1v) is 13.9. The summed E-state index contributed by atoms with van der Waals surface area (Å²) in [5.74, 6) is 5.55. The molecule has 1 aromatic heterocycles. The van der Waals surface area contributed by atoms with Crippen molar-refractivity contribution in [1.29, 1.82) is 0 Å². The standard InChI is InChI=1S/C28H38ClN3O2/c1-27(34)10-8-18-17(13-27)6-7-20-19(18)9-11-28(2)22(12-21(25(20)28)16-4-5-16)24(33)15-32-14-23(30-3)26(29)31-32/h14,16-22,25,34H,4-13,15H2,1-2H3/t17-,18+,19-,20-,21+,22-,25-,27-,28-/m1/s1. The molecule has 0 spiro atoms. The number of hydrogen-bond donors (Lipinski definition) is 1. The fourth-order valence-electron chi connectivity index (χ4n) is 9.58. The van der Waals surface area contributed by atoms with Crippen LogP contribution in [0.3, 0.4) is 0 Å². The van der Waals surface area contributed by atoms with Crippen LogP contribution in [0.4, 0.5) is 5.69 Å². The molecule has 0 aliphatic heterocycles. The molecule has 5 fully saturated rings. The van der Waals surface area contributed by atoms with Crippen LogP contribution in [-0.4, -0.2) is 26.3 Å². The monoisotopic (exact) mass is 483 g/mol. The van der Waals surface area contributed by atoms with Crippen molar-refractivity contribution in [2.45, 2.75) is 90.2 Å². The van der Waals surface area contributed by atoms with Crippen molar-refractivity contribution in [2.24, 2.45) is 52.8 Å². The van der Waals surface area contributed by atoms with Crippen LogP contribution in [0.2, 0.25) is 5.15 Å². The maximum absolute atomic E-state index is 13.7. The third-order valence-corrected chi connectivity index (χ3v) is 11.3. The molecule has 0 radical (unpaired) electrons. The Morgan fingerprint density at radius 1 is 1.12 bits per heavy atom. The quantitative estimate of drug-likeness (QED) is 0.510. The molecule has 0 saturated heterocycles. The summed E-state index contributed by atoms with van der Waals surface area (Å²) >= 11 is 6.08. The molecule has 0 bridgehead atoms. The smallest absolute Gasteiger partial charge is 0.242 e. The minimum atomic E-state index is -0.471. The van der Waals surface area contributed by atoms with Gasteiger partial charge >= 0.3 is 0 Å². The number of rotatable bonds is 4. The lowest BCUT2D eigenvalue weighted by Gasteiger charge is -2.57. The van der Waals surface area contributed by atoms with E-state index in [0.29, 0.717) is 23.4 Å². The zero-order chi connectivity index (χ0) is 23.8. The lowest BCUT2D eigenvalue weighted by molar-refractivity contribution is -0.134. The van der Waals surface area contributed by atoms with Crippen LogP contribution in [-0.2, 0) is 11.3 Å². The van der Waals surface area contributed by atoms with Crippen molar-refractivity contribution in [1.82, 2.24) is 9.78 Å². The highest BCUT2D eigenvalue weighted by atomic mass is 35.5. The Kier molecular flexibility index (Phi) is 5.47. The fraction of sp³-hybridized carbons (Fsp3) is 0.821. The summed E-state index contributed by atoms with van der Waals surface area (Å²) in [5, 5.41) is 15.1. The Morgan fingerprint density at radius 2 is 1.85 bits per heavy atom. The first kappa shape index (κ1) is 23.0. The Balaban J connectivity index is 1.25. The van der Waals surface area contributed by atoms with E-state index in [1.54, 1.807) is 10.9 Å². The maximum Gasteiger partial charge on any atom is 0.242 e. The predicted octanol–water partition coefficient (Wildman–Crippen LogP) is 6.31. The Hall–Kier alpha value is -1.38. The topological polar surface area (TPSA) is 59.5 Å². The lowest BCUT2D eigenvalue weighted by Crippen LogP contribution is -2.52. The van der Waals surface area contributed by atoms with Crippen LogP contribution in [0.1, 0.15) is 78.1 Å². The number of Topliss-reactive ketones (excluding diaryl/α,β-unsaturated/α-hetero) is 1. The first-order chi connectivity index (χ1) is 16.2. The van der Waals surface area contributed by atoms with E-state index in [1.807, 2.05) is 6.92 Å². The van der Waals surface area contributed by atoms with Crippen molar-refractivity contribution >= 4 is 23.1 Å². The fourth-order valence-corrected chi connectivity index (χ4v) is 9.77. The number of nitrogens with zero attached hydrogens (tertiary/aromatic N) is 3. The van der Waals surface area contributed by atoms with Gasteiger partial charge < -0.3 is 5.11 Å². The van der Waals surface area contributed by atoms with E-state index in [4.69, 9.17) is 18.2 Å². The van der Waals surface area contributed by atoms with Gasteiger partial charge in [-0.2, -0.15) is 5.10 Å². The lowest BCUT2D eigenvalue weighted by atomic mass is 9.48. The third kappa shape index (κ3) is 3.66. The minimum Gasteiger partial charge on any atom is -0.390 e. The highest BCUT2D eigenvalue weighted by Crippen LogP contribution is 2.69. The molecule has 6 heteroatoms. The van der Waals surface area contributed by atoms with Crippen LogP contribution < -0.4 is 0 Å². The van der Waals surface area contributed by atoms with Crippen molar-refractivity contribution in [2.75, 3.05) is 0 Å². The third-order valence-electron chi connectivity index (χ3n) is 11.1. The van der Waals surface area contributed by atoms with Crippen LogP contribution in [0.5, 0.6) is 0 Å². The zero-order valence-electron chi connectivity index (χ0n) is 20.5. The van der Waals surface area contributed by atoms with Crippen molar-refractivity contribution in [3.05, 3.63) is 22.8 Å². The van der Waals surface area contributed by atoms with Gasteiger partial charge in [0.05, 0.1) is 18.7 Å². The van der Waals surface area contributed by atoms with Gasteiger partial charge in [-0.15, -0.1) is 0 Å². The maximum atomic E-state index is 13.7. The largest absolute Gasteiger partial charge is 0.390 e. The van der Waals surface area contributed by atoms with E-state index < -0.39 is 5.60 Å². The molecule has 9 atom stereocenters. The van der Waals surface area contributed by atoms with Crippen molar-refractivity contribution in [3.63, 3.8) is 0 Å². The highest BCUT2D eigenvalue weighted by Gasteiger charge is 2.63. The van der Waals surface area contributed by atoms with Gasteiger partial charge in [0, 0.05) is 12.1 Å². The van der Waals surface area contributed by atoms with Gasteiger partial charge in [-0.25, -0.2) is 4.85 Å². The average Bonchev–Trinajstić information content (AvgIpc) is 3.49.